The standard InChI is InChI=1S/C25H23NO4/c27-24(26-20-15-16-20)23(18-9-3-1-4-10-18)30-25(28)22-14-8-7-11-19(22)17-29-21-12-5-2-6-13-21/h1-14,20,23H,15-17H2,(H,26,27)/t23-/m0/s1. The number of rotatable bonds is 8. The maximum atomic E-state index is 13.0. The Bertz CT molecular complexity index is 1000. The second-order valence-electron chi connectivity index (χ2n) is 7.24. The summed E-state index contributed by atoms with van der Waals surface area (Å²) in [6.07, 6.45) is 0.921. The van der Waals surface area contributed by atoms with Gasteiger partial charge in [0.2, 0.25) is 6.10 Å². The highest BCUT2D eigenvalue weighted by molar-refractivity contribution is 5.94. The minimum absolute atomic E-state index is 0.175. The van der Waals surface area contributed by atoms with Crippen LogP contribution in [-0.4, -0.2) is 17.9 Å². The Labute approximate surface area is 175 Å². The number of carbonyl (C=O) groups is 2. The summed E-state index contributed by atoms with van der Waals surface area (Å²) in [4.78, 5) is 25.8. The van der Waals surface area contributed by atoms with Gasteiger partial charge in [-0.05, 0) is 31.0 Å². The van der Waals surface area contributed by atoms with Gasteiger partial charge in [-0.25, -0.2) is 4.79 Å². The fourth-order valence-corrected chi connectivity index (χ4v) is 3.10. The van der Waals surface area contributed by atoms with Crippen LogP contribution < -0.4 is 10.1 Å². The van der Waals surface area contributed by atoms with E-state index in [0.717, 1.165) is 12.8 Å². The largest absolute Gasteiger partial charge is 0.489 e. The van der Waals surface area contributed by atoms with Crippen LogP contribution in [0.25, 0.3) is 0 Å². The molecule has 0 unspecified atom stereocenters. The van der Waals surface area contributed by atoms with E-state index in [1.165, 1.54) is 0 Å². The van der Waals surface area contributed by atoms with Gasteiger partial charge in [-0.1, -0.05) is 66.7 Å². The molecule has 1 aliphatic carbocycles. The smallest absolute Gasteiger partial charge is 0.339 e. The second kappa shape index (κ2) is 9.27. The van der Waals surface area contributed by atoms with Gasteiger partial charge in [0.1, 0.15) is 12.4 Å². The zero-order chi connectivity index (χ0) is 20.8. The molecule has 0 radical (unpaired) electrons. The van der Waals surface area contributed by atoms with Gasteiger partial charge in [0.25, 0.3) is 5.91 Å². The number of esters is 1. The Kier molecular flexibility index (Phi) is 6.09. The Balaban J connectivity index is 1.51. The number of carbonyl (C=O) groups excluding carboxylic acids is 2. The zero-order valence-electron chi connectivity index (χ0n) is 16.5. The summed E-state index contributed by atoms with van der Waals surface area (Å²) < 4.78 is 11.5. The second-order valence-corrected chi connectivity index (χ2v) is 7.24. The summed E-state index contributed by atoms with van der Waals surface area (Å²) in [7, 11) is 0. The maximum absolute atomic E-state index is 13.0. The van der Waals surface area contributed by atoms with E-state index in [0.29, 0.717) is 22.4 Å². The van der Waals surface area contributed by atoms with Crippen molar-refractivity contribution in [2.24, 2.45) is 0 Å². The molecule has 1 aliphatic rings. The van der Waals surface area contributed by atoms with E-state index >= 15 is 0 Å². The lowest BCUT2D eigenvalue weighted by Crippen LogP contribution is -2.33. The van der Waals surface area contributed by atoms with Crippen molar-refractivity contribution < 1.29 is 19.1 Å². The predicted octanol–water partition coefficient (Wildman–Crippen LogP) is 4.44. The highest BCUT2D eigenvalue weighted by Crippen LogP contribution is 2.25. The molecular weight excluding hydrogens is 378 g/mol. The first-order chi connectivity index (χ1) is 14.7. The fraction of sp³-hybridized carbons (Fsp3) is 0.200. The van der Waals surface area contributed by atoms with Crippen molar-refractivity contribution >= 4 is 11.9 Å². The van der Waals surface area contributed by atoms with Gasteiger partial charge in [0.15, 0.2) is 0 Å². The lowest BCUT2D eigenvalue weighted by Gasteiger charge is -2.19. The number of nitrogens with one attached hydrogen (secondary N) is 1. The molecule has 3 aromatic carbocycles. The van der Waals surface area contributed by atoms with Crippen LogP contribution in [0.1, 0.15) is 40.4 Å². The van der Waals surface area contributed by atoms with Crippen molar-refractivity contribution in [1.29, 1.82) is 0 Å². The van der Waals surface area contributed by atoms with Gasteiger partial charge >= 0.3 is 5.97 Å². The van der Waals surface area contributed by atoms with Crippen LogP contribution in [0.15, 0.2) is 84.9 Å². The molecule has 1 fully saturated rings. The third-order valence-electron chi connectivity index (χ3n) is 4.86. The van der Waals surface area contributed by atoms with Crippen molar-refractivity contribution in [1.82, 2.24) is 5.32 Å². The van der Waals surface area contributed by atoms with Crippen LogP contribution >= 0.6 is 0 Å². The fourth-order valence-electron chi connectivity index (χ4n) is 3.10. The third kappa shape index (κ3) is 5.06. The number of amides is 1. The number of hydrogen-bond donors (Lipinski definition) is 1. The summed E-state index contributed by atoms with van der Waals surface area (Å²) in [5, 5.41) is 2.93. The Morgan fingerprint density at radius 1 is 0.867 bits per heavy atom. The molecule has 0 heterocycles. The third-order valence-corrected chi connectivity index (χ3v) is 4.86. The van der Waals surface area contributed by atoms with E-state index in [9.17, 15) is 9.59 Å². The monoisotopic (exact) mass is 401 g/mol. The molecule has 1 N–H and O–H groups in total. The van der Waals surface area contributed by atoms with Crippen molar-refractivity contribution in [2.45, 2.75) is 31.6 Å². The molecule has 5 heteroatoms. The van der Waals surface area contributed by atoms with E-state index in [2.05, 4.69) is 5.32 Å². The van der Waals surface area contributed by atoms with Crippen LogP contribution in [0.4, 0.5) is 0 Å². The van der Waals surface area contributed by atoms with Gasteiger partial charge in [-0.2, -0.15) is 0 Å². The first-order valence-corrected chi connectivity index (χ1v) is 10.0. The lowest BCUT2D eigenvalue weighted by molar-refractivity contribution is -0.130. The molecule has 0 aromatic heterocycles. The summed E-state index contributed by atoms with van der Waals surface area (Å²) >= 11 is 0. The molecule has 1 atom stereocenters. The topological polar surface area (TPSA) is 64.6 Å². The van der Waals surface area contributed by atoms with Crippen molar-refractivity contribution in [3.63, 3.8) is 0 Å². The minimum atomic E-state index is -0.998. The van der Waals surface area contributed by atoms with E-state index in [-0.39, 0.29) is 18.6 Å². The van der Waals surface area contributed by atoms with Crippen molar-refractivity contribution in [3.8, 4) is 5.75 Å². The Morgan fingerprint density at radius 3 is 2.20 bits per heavy atom. The zero-order valence-corrected chi connectivity index (χ0v) is 16.5. The summed E-state index contributed by atoms with van der Waals surface area (Å²) in [5.74, 6) is -0.135. The predicted molar refractivity (Wildman–Crippen MR) is 113 cm³/mol. The molecule has 0 aliphatic heterocycles. The Hall–Kier alpha value is -3.60. The first-order valence-electron chi connectivity index (χ1n) is 10.0. The van der Waals surface area contributed by atoms with Crippen molar-refractivity contribution in [2.75, 3.05) is 0 Å². The molecule has 1 saturated carbocycles. The number of para-hydroxylation sites is 1. The van der Waals surface area contributed by atoms with Gasteiger partial charge < -0.3 is 14.8 Å². The summed E-state index contributed by atoms with van der Waals surface area (Å²) in [6.45, 7) is 0.222. The number of ether oxygens (including phenoxy) is 2. The van der Waals surface area contributed by atoms with E-state index in [4.69, 9.17) is 9.47 Å². The lowest BCUT2D eigenvalue weighted by atomic mass is 10.1. The van der Waals surface area contributed by atoms with Crippen LogP contribution in [0.2, 0.25) is 0 Å². The minimum Gasteiger partial charge on any atom is -0.489 e. The maximum Gasteiger partial charge on any atom is 0.339 e. The number of benzene rings is 3. The van der Waals surface area contributed by atoms with E-state index < -0.39 is 12.1 Å². The molecule has 5 nitrogen and oxygen atoms in total. The SMILES string of the molecule is O=C(O[C@H](C(=O)NC1CC1)c1ccccc1)c1ccccc1COc1ccccc1. The van der Waals surface area contributed by atoms with Crippen LogP contribution in [0.3, 0.4) is 0 Å². The summed E-state index contributed by atoms with van der Waals surface area (Å²) in [6, 6.07) is 25.8. The quantitative estimate of drug-likeness (QED) is 0.567. The molecular formula is C25H23NO4. The molecule has 152 valence electrons. The molecule has 3 aromatic rings. The highest BCUT2D eigenvalue weighted by Gasteiger charge is 2.31. The Morgan fingerprint density at radius 2 is 1.50 bits per heavy atom. The van der Waals surface area contributed by atoms with E-state index in [1.54, 1.807) is 24.3 Å². The van der Waals surface area contributed by atoms with E-state index in [1.807, 2.05) is 60.7 Å². The average molecular weight is 401 g/mol. The first kappa shape index (κ1) is 19.7. The van der Waals surface area contributed by atoms with Gasteiger partial charge in [0, 0.05) is 17.2 Å². The molecule has 30 heavy (non-hydrogen) atoms. The highest BCUT2D eigenvalue weighted by atomic mass is 16.5. The number of hydrogen-bond acceptors (Lipinski definition) is 4. The average Bonchev–Trinajstić information content (AvgIpc) is 3.61. The van der Waals surface area contributed by atoms with Gasteiger partial charge in [-0.15, -0.1) is 0 Å². The molecule has 1 amide bonds. The molecule has 0 saturated heterocycles. The van der Waals surface area contributed by atoms with Gasteiger partial charge in [-0.3, -0.25) is 4.79 Å². The van der Waals surface area contributed by atoms with Crippen LogP contribution in [0, 0.1) is 0 Å². The van der Waals surface area contributed by atoms with Gasteiger partial charge in [0.05, 0.1) is 5.56 Å². The van der Waals surface area contributed by atoms with Crippen molar-refractivity contribution in [3.05, 3.63) is 102 Å². The molecule has 0 bridgehead atoms. The van der Waals surface area contributed by atoms with Crippen LogP contribution in [-0.2, 0) is 16.1 Å². The van der Waals surface area contributed by atoms with Crippen LogP contribution in [0.5, 0.6) is 5.75 Å². The molecule has 4 rings (SSSR count). The normalized spacial score (nSPS) is 13.9. The summed E-state index contributed by atoms with van der Waals surface area (Å²) in [5.41, 5.74) is 1.72. The molecule has 0 spiro atoms.